The zero-order chi connectivity index (χ0) is 32.7. The highest BCUT2D eigenvalue weighted by Gasteiger charge is 2.56. The lowest BCUT2D eigenvalue weighted by atomic mass is 9.49. The van der Waals surface area contributed by atoms with E-state index in [1.807, 2.05) is 13.0 Å². The lowest BCUT2D eigenvalue weighted by Crippen LogP contribution is -2.48. The van der Waals surface area contributed by atoms with Crippen molar-refractivity contribution in [1.29, 1.82) is 0 Å². The maximum Gasteiger partial charge on any atom is 0.397 e. The first-order valence-electron chi connectivity index (χ1n) is 16.8. The molecule has 1 amide bonds. The largest absolute Gasteiger partial charge is 0.479 e. The van der Waals surface area contributed by atoms with Gasteiger partial charge in [-0.3, -0.25) is 9.35 Å². The Hall–Kier alpha value is -2.49. The van der Waals surface area contributed by atoms with Crippen molar-refractivity contribution in [3.8, 4) is 0 Å². The van der Waals surface area contributed by atoms with Gasteiger partial charge in [0.05, 0.1) is 6.10 Å². The normalized spacial score (nSPS) is 33.3. The van der Waals surface area contributed by atoms with Crippen LogP contribution in [0.1, 0.15) is 117 Å². The summed E-state index contributed by atoms with van der Waals surface area (Å²) < 4.78 is 37.0. The summed E-state index contributed by atoms with van der Waals surface area (Å²) in [5.74, 6) is 0.605. The van der Waals surface area contributed by atoms with Gasteiger partial charge in [0.1, 0.15) is 0 Å². The molecule has 4 aliphatic carbocycles. The number of hydrogen-bond acceptors (Lipinski definition) is 5. The topological polar surface area (TPSA) is 130 Å². The van der Waals surface area contributed by atoms with E-state index < -0.39 is 28.5 Å². The number of amides is 1. The van der Waals surface area contributed by atoms with Gasteiger partial charge in [0.25, 0.3) is 0 Å². The Morgan fingerprint density at radius 1 is 1.04 bits per heavy atom. The fourth-order valence-electron chi connectivity index (χ4n) is 9.86. The molecule has 8 nitrogen and oxygen atoms in total. The molecule has 248 valence electrons. The molecule has 0 heterocycles. The van der Waals surface area contributed by atoms with Crippen LogP contribution in [0, 0.1) is 34.5 Å². The molecule has 0 bridgehead atoms. The van der Waals surface area contributed by atoms with Crippen molar-refractivity contribution < 1.29 is 31.8 Å². The number of nitrogens with one attached hydrogen (secondary N) is 1. The van der Waals surface area contributed by atoms with Crippen molar-refractivity contribution in [3.63, 3.8) is 0 Å². The van der Waals surface area contributed by atoms with E-state index in [1.165, 1.54) is 19.3 Å². The predicted octanol–water partition coefficient (Wildman–Crippen LogP) is 7.59. The summed E-state index contributed by atoms with van der Waals surface area (Å²) in [5, 5.41) is 12.4. The number of aliphatic carboxylic acids is 1. The quantitative estimate of drug-likeness (QED) is 0.136. The van der Waals surface area contributed by atoms with Crippen molar-refractivity contribution in [2.75, 3.05) is 0 Å². The molecule has 4 aliphatic rings. The van der Waals surface area contributed by atoms with Crippen LogP contribution in [-0.4, -0.2) is 36.1 Å². The molecule has 1 aromatic carbocycles. The number of carboxylic acids is 1. The Bertz CT molecular complexity index is 1470. The standard InChI is InChI=1S/C36H51NO7S/c1-22(24(3)33(38)37-32(34(39)40)25-9-7-6-8-10-25)11-12-23(2)29-15-16-30-28-14-13-26-21-27(44-45(41,42)43)17-19-35(26,4)31(28)18-20-36(29,30)5/h6-10,23,26-27,29,31-32H,11-21H2,1-5H3,(H,37,38)(H,39,40)(H,41,42,43)/t23-,26-,27+,29+,31-,32+,35+,36-/m1/s1. The molecule has 0 aliphatic heterocycles. The van der Waals surface area contributed by atoms with Crippen LogP contribution in [0.3, 0.4) is 0 Å². The number of carboxylic acid groups (broad SMARTS) is 1. The maximum absolute atomic E-state index is 13.1. The second kappa shape index (κ2) is 13.0. The minimum Gasteiger partial charge on any atom is -0.479 e. The summed E-state index contributed by atoms with van der Waals surface area (Å²) in [6, 6.07) is 7.70. The SMILES string of the molecule is CC(CC[C@@H](C)[C@@H]1CCC2=C3CC[C@@H]4C[C@@H](OS(=O)(=O)O)CC[C@]4(C)[C@@H]3CC[C@@]21C)=C(C)C(=O)N[C@H](C(=O)O)c1ccccc1. The molecule has 45 heavy (non-hydrogen) atoms. The summed E-state index contributed by atoms with van der Waals surface area (Å²) in [6.45, 7) is 11.0. The number of carbonyl (C=O) groups excluding carboxylic acids is 1. The second-order valence-corrected chi connectivity index (χ2v) is 15.9. The Labute approximate surface area is 269 Å². The summed E-state index contributed by atoms with van der Waals surface area (Å²) in [7, 11) is -4.43. The third-order valence-electron chi connectivity index (χ3n) is 12.6. The molecular weight excluding hydrogens is 590 g/mol. The molecule has 0 radical (unpaired) electrons. The summed E-state index contributed by atoms with van der Waals surface area (Å²) in [5.41, 5.74) is 5.84. The van der Waals surface area contributed by atoms with Crippen molar-refractivity contribution in [2.24, 2.45) is 34.5 Å². The first-order chi connectivity index (χ1) is 21.1. The molecule has 3 saturated carbocycles. The fraction of sp³-hybridized carbons (Fsp3) is 0.667. The Morgan fingerprint density at radius 2 is 1.76 bits per heavy atom. The molecule has 3 fully saturated rings. The average molecular weight is 642 g/mol. The van der Waals surface area contributed by atoms with Gasteiger partial charge in [-0.05, 0) is 125 Å². The molecular formula is C36H51NO7S. The van der Waals surface area contributed by atoms with Crippen molar-refractivity contribution >= 4 is 22.3 Å². The van der Waals surface area contributed by atoms with E-state index in [9.17, 15) is 27.7 Å². The molecule has 0 spiro atoms. The lowest BCUT2D eigenvalue weighted by Gasteiger charge is -2.57. The van der Waals surface area contributed by atoms with Gasteiger partial charge in [0.2, 0.25) is 5.91 Å². The van der Waals surface area contributed by atoms with Crippen LogP contribution >= 0.6 is 0 Å². The Balaban J connectivity index is 1.23. The number of carbonyl (C=O) groups is 2. The summed E-state index contributed by atoms with van der Waals surface area (Å²) in [6.07, 6.45) is 10.4. The van der Waals surface area contributed by atoms with Crippen molar-refractivity contribution in [2.45, 2.75) is 117 Å². The maximum atomic E-state index is 13.1. The van der Waals surface area contributed by atoms with Crippen LogP contribution in [-0.2, 0) is 24.2 Å². The van der Waals surface area contributed by atoms with E-state index in [0.29, 0.717) is 47.6 Å². The van der Waals surface area contributed by atoms with Crippen molar-refractivity contribution in [1.82, 2.24) is 5.32 Å². The van der Waals surface area contributed by atoms with Gasteiger partial charge in [-0.2, -0.15) is 8.42 Å². The monoisotopic (exact) mass is 641 g/mol. The number of allylic oxidation sites excluding steroid dienone is 3. The Morgan fingerprint density at radius 3 is 2.42 bits per heavy atom. The molecule has 0 unspecified atom stereocenters. The lowest BCUT2D eigenvalue weighted by molar-refractivity contribution is -0.141. The van der Waals surface area contributed by atoms with Gasteiger partial charge >= 0.3 is 16.4 Å². The van der Waals surface area contributed by atoms with Crippen LogP contribution in [0.15, 0.2) is 52.6 Å². The number of benzene rings is 1. The van der Waals surface area contributed by atoms with Gasteiger partial charge < -0.3 is 10.4 Å². The van der Waals surface area contributed by atoms with Crippen molar-refractivity contribution in [3.05, 3.63) is 58.2 Å². The van der Waals surface area contributed by atoms with Gasteiger partial charge in [-0.1, -0.05) is 67.8 Å². The van der Waals surface area contributed by atoms with Gasteiger partial charge in [-0.25, -0.2) is 8.98 Å². The van der Waals surface area contributed by atoms with Crippen LogP contribution in [0.5, 0.6) is 0 Å². The minimum absolute atomic E-state index is 0.144. The first-order valence-corrected chi connectivity index (χ1v) is 18.1. The number of fused-ring (bicyclic) bond motifs is 4. The van der Waals surface area contributed by atoms with E-state index in [2.05, 4.69) is 26.1 Å². The highest BCUT2D eigenvalue weighted by molar-refractivity contribution is 7.80. The zero-order valence-corrected chi connectivity index (χ0v) is 28.3. The minimum atomic E-state index is -4.43. The van der Waals surface area contributed by atoms with Crippen LogP contribution in [0.25, 0.3) is 0 Å². The van der Waals surface area contributed by atoms with Crippen LogP contribution in [0.2, 0.25) is 0 Å². The molecule has 5 rings (SSSR count). The third-order valence-corrected chi connectivity index (χ3v) is 13.1. The van der Waals surface area contributed by atoms with Gasteiger partial charge in [-0.15, -0.1) is 0 Å². The van der Waals surface area contributed by atoms with E-state index in [0.717, 1.165) is 44.1 Å². The molecule has 9 heteroatoms. The summed E-state index contributed by atoms with van der Waals surface area (Å²) >= 11 is 0. The van der Waals surface area contributed by atoms with Gasteiger partial charge in [0.15, 0.2) is 6.04 Å². The highest BCUT2D eigenvalue weighted by Crippen LogP contribution is 2.66. The second-order valence-electron chi connectivity index (χ2n) is 14.9. The van der Waals surface area contributed by atoms with Gasteiger partial charge in [0, 0.05) is 5.57 Å². The molecule has 0 saturated heterocycles. The van der Waals surface area contributed by atoms with E-state index in [4.69, 9.17) is 4.18 Å². The summed E-state index contributed by atoms with van der Waals surface area (Å²) in [4.78, 5) is 25.0. The smallest absolute Gasteiger partial charge is 0.397 e. The third kappa shape index (κ3) is 6.82. The first kappa shape index (κ1) is 33.9. The molecule has 3 N–H and O–H groups in total. The fourth-order valence-corrected chi connectivity index (χ4v) is 10.4. The highest BCUT2D eigenvalue weighted by atomic mass is 32.3. The van der Waals surface area contributed by atoms with Crippen LogP contribution < -0.4 is 5.32 Å². The Kier molecular flexibility index (Phi) is 9.75. The number of rotatable bonds is 10. The van der Waals surface area contributed by atoms with E-state index in [-0.39, 0.29) is 16.7 Å². The van der Waals surface area contributed by atoms with E-state index in [1.54, 1.807) is 42.3 Å². The number of hydrogen-bond donors (Lipinski definition) is 3. The average Bonchev–Trinajstić information content (AvgIpc) is 3.35. The zero-order valence-electron chi connectivity index (χ0n) is 27.5. The van der Waals surface area contributed by atoms with E-state index >= 15 is 0 Å². The predicted molar refractivity (Wildman–Crippen MR) is 173 cm³/mol. The molecule has 8 atom stereocenters. The molecule has 0 aromatic heterocycles. The molecule has 1 aromatic rings. The van der Waals surface area contributed by atoms with Crippen LogP contribution in [0.4, 0.5) is 0 Å².